The smallest absolute Gasteiger partial charge is 0.319 e. The van der Waals surface area contributed by atoms with Gasteiger partial charge in [0, 0.05) is 5.69 Å². The highest BCUT2D eigenvalue weighted by Crippen LogP contribution is 2.40. The normalized spacial score (nSPS) is 19.5. The average molecular weight is 353 g/mol. The summed E-state index contributed by atoms with van der Waals surface area (Å²) in [5, 5.41) is 0. The first-order chi connectivity index (χ1) is 12.6. The van der Waals surface area contributed by atoms with E-state index in [4.69, 9.17) is 9.47 Å². The maximum atomic E-state index is 12.7. The summed E-state index contributed by atoms with van der Waals surface area (Å²) in [5.74, 6) is -2.72. The largest absolute Gasteiger partial charge is 0.497 e. The summed E-state index contributed by atoms with van der Waals surface area (Å²) in [5.41, 5.74) is 1.21. The zero-order chi connectivity index (χ0) is 18.7. The first-order valence-corrected chi connectivity index (χ1v) is 8.31. The van der Waals surface area contributed by atoms with Crippen LogP contribution in [0.25, 0.3) is 0 Å². The van der Waals surface area contributed by atoms with Crippen LogP contribution in [0.4, 0.5) is 5.69 Å². The molecule has 6 heteroatoms. The first kappa shape index (κ1) is 17.7. The number of rotatable bonds is 5. The van der Waals surface area contributed by atoms with Crippen LogP contribution in [0, 0.1) is 5.92 Å². The highest BCUT2D eigenvalue weighted by Gasteiger charge is 2.53. The highest BCUT2D eigenvalue weighted by molar-refractivity contribution is 6.47. The molecule has 1 aliphatic heterocycles. The van der Waals surface area contributed by atoms with Gasteiger partial charge in [-0.3, -0.25) is 19.3 Å². The Labute approximate surface area is 151 Å². The van der Waals surface area contributed by atoms with Crippen molar-refractivity contribution in [1.29, 1.82) is 0 Å². The molecule has 0 saturated carbocycles. The molecule has 26 heavy (non-hydrogen) atoms. The van der Waals surface area contributed by atoms with Gasteiger partial charge in [-0.1, -0.05) is 30.3 Å². The van der Waals surface area contributed by atoms with Gasteiger partial charge in [-0.15, -0.1) is 0 Å². The van der Waals surface area contributed by atoms with Crippen molar-refractivity contribution in [3.63, 3.8) is 0 Å². The molecule has 0 radical (unpaired) electrons. The quantitative estimate of drug-likeness (QED) is 0.469. The van der Waals surface area contributed by atoms with E-state index in [1.807, 2.05) is 6.07 Å². The number of ether oxygens (including phenoxy) is 2. The molecule has 6 nitrogen and oxygen atoms in total. The molecule has 1 saturated heterocycles. The van der Waals surface area contributed by atoms with Crippen LogP contribution in [0.15, 0.2) is 54.6 Å². The molecule has 0 aromatic heterocycles. The lowest BCUT2D eigenvalue weighted by Crippen LogP contribution is -2.31. The molecule has 3 rings (SSSR count). The van der Waals surface area contributed by atoms with E-state index >= 15 is 0 Å². The Bertz CT molecular complexity index is 816. The van der Waals surface area contributed by atoms with Crippen molar-refractivity contribution in [2.45, 2.75) is 13.0 Å². The standard InChI is InChI=1S/C20H19NO5/c1-3-26-20(24)16-17(13-7-5-4-6-8-13)21(19(23)18(16)22)14-9-11-15(25-2)12-10-14/h4-12,16-17H,3H2,1-2H3/t16-,17+/m0/s1. The lowest BCUT2D eigenvalue weighted by atomic mass is 9.93. The summed E-state index contributed by atoms with van der Waals surface area (Å²) in [6.45, 7) is 1.80. The third-order valence-corrected chi connectivity index (χ3v) is 4.34. The van der Waals surface area contributed by atoms with Crippen molar-refractivity contribution in [3.8, 4) is 5.75 Å². The number of carbonyl (C=O) groups is 3. The van der Waals surface area contributed by atoms with E-state index in [1.54, 1.807) is 62.6 Å². The third-order valence-electron chi connectivity index (χ3n) is 4.34. The molecule has 0 N–H and O–H groups in total. The van der Waals surface area contributed by atoms with Gasteiger partial charge in [-0.25, -0.2) is 0 Å². The minimum atomic E-state index is -1.19. The highest BCUT2D eigenvalue weighted by atomic mass is 16.5. The lowest BCUT2D eigenvalue weighted by molar-refractivity contribution is -0.152. The first-order valence-electron chi connectivity index (χ1n) is 8.31. The number of ketones is 1. The summed E-state index contributed by atoms with van der Waals surface area (Å²) >= 11 is 0. The Morgan fingerprint density at radius 3 is 2.27 bits per heavy atom. The molecule has 1 amide bonds. The number of nitrogens with zero attached hydrogens (tertiary/aromatic N) is 1. The lowest BCUT2D eigenvalue weighted by Gasteiger charge is -2.27. The SMILES string of the molecule is CCOC(=O)[C@@H]1C(=O)C(=O)N(c2ccc(OC)cc2)[C@@H]1c1ccccc1. The summed E-state index contributed by atoms with van der Waals surface area (Å²) in [6, 6.07) is 15.1. The number of anilines is 1. The van der Waals surface area contributed by atoms with Crippen LogP contribution in [0.2, 0.25) is 0 Å². The van der Waals surface area contributed by atoms with E-state index in [0.29, 0.717) is 17.0 Å². The molecule has 1 fully saturated rings. The van der Waals surface area contributed by atoms with E-state index in [0.717, 1.165) is 0 Å². The van der Waals surface area contributed by atoms with Crippen LogP contribution >= 0.6 is 0 Å². The van der Waals surface area contributed by atoms with Gasteiger partial charge in [-0.05, 0) is 36.8 Å². The number of esters is 1. The van der Waals surface area contributed by atoms with Crippen LogP contribution in [-0.2, 0) is 19.1 Å². The Morgan fingerprint density at radius 2 is 1.69 bits per heavy atom. The Morgan fingerprint density at radius 1 is 1.04 bits per heavy atom. The summed E-state index contributed by atoms with van der Waals surface area (Å²) in [7, 11) is 1.54. The van der Waals surface area contributed by atoms with Crippen molar-refractivity contribution in [2.24, 2.45) is 5.92 Å². The molecule has 0 unspecified atom stereocenters. The number of benzene rings is 2. The fourth-order valence-corrected chi connectivity index (χ4v) is 3.15. The van der Waals surface area contributed by atoms with Crippen molar-refractivity contribution in [2.75, 3.05) is 18.6 Å². The van der Waals surface area contributed by atoms with Gasteiger partial charge in [0.25, 0.3) is 5.91 Å². The van der Waals surface area contributed by atoms with E-state index in [9.17, 15) is 14.4 Å². The average Bonchev–Trinajstić information content (AvgIpc) is 2.94. The Hall–Kier alpha value is -3.15. The van der Waals surface area contributed by atoms with Crippen molar-refractivity contribution in [3.05, 3.63) is 60.2 Å². The number of amides is 1. The minimum absolute atomic E-state index is 0.140. The second-order valence-electron chi connectivity index (χ2n) is 5.82. The molecule has 0 spiro atoms. The van der Waals surface area contributed by atoms with Crippen LogP contribution in [0.1, 0.15) is 18.5 Å². The predicted molar refractivity (Wildman–Crippen MR) is 94.8 cm³/mol. The van der Waals surface area contributed by atoms with Gasteiger partial charge in [0.15, 0.2) is 0 Å². The van der Waals surface area contributed by atoms with E-state index in [2.05, 4.69) is 0 Å². The molecular weight excluding hydrogens is 334 g/mol. The zero-order valence-electron chi connectivity index (χ0n) is 14.5. The van der Waals surface area contributed by atoms with E-state index in [1.165, 1.54) is 4.90 Å². The summed E-state index contributed by atoms with van der Waals surface area (Å²) in [6.07, 6.45) is 0. The maximum absolute atomic E-state index is 12.7. The number of Topliss-reactive ketones (excluding diaryl/α,β-unsaturated/α-hetero) is 1. The van der Waals surface area contributed by atoms with Gasteiger partial charge in [-0.2, -0.15) is 0 Å². The Kier molecular flexibility index (Phi) is 5.02. The Balaban J connectivity index is 2.09. The molecule has 134 valence electrons. The molecule has 1 heterocycles. The van der Waals surface area contributed by atoms with Crippen molar-refractivity contribution < 1.29 is 23.9 Å². The predicted octanol–water partition coefficient (Wildman–Crippen LogP) is 2.53. The van der Waals surface area contributed by atoms with Crippen LogP contribution in [-0.4, -0.2) is 31.4 Å². The van der Waals surface area contributed by atoms with E-state index < -0.39 is 29.6 Å². The van der Waals surface area contributed by atoms with Gasteiger partial charge < -0.3 is 9.47 Å². The van der Waals surface area contributed by atoms with Gasteiger partial charge >= 0.3 is 5.97 Å². The monoisotopic (exact) mass is 353 g/mol. The number of hydrogen-bond acceptors (Lipinski definition) is 5. The van der Waals surface area contributed by atoms with Crippen LogP contribution in [0.3, 0.4) is 0 Å². The van der Waals surface area contributed by atoms with Crippen LogP contribution in [0.5, 0.6) is 5.75 Å². The molecule has 1 aliphatic rings. The second-order valence-corrected chi connectivity index (χ2v) is 5.82. The fraction of sp³-hybridized carbons (Fsp3) is 0.250. The van der Waals surface area contributed by atoms with Crippen LogP contribution < -0.4 is 9.64 Å². The van der Waals surface area contributed by atoms with Gasteiger partial charge in [0.05, 0.1) is 19.8 Å². The van der Waals surface area contributed by atoms with Crippen molar-refractivity contribution in [1.82, 2.24) is 0 Å². The number of methoxy groups -OCH3 is 1. The van der Waals surface area contributed by atoms with Gasteiger partial charge in [0.1, 0.15) is 11.7 Å². The summed E-state index contributed by atoms with van der Waals surface area (Å²) < 4.78 is 10.2. The van der Waals surface area contributed by atoms with Gasteiger partial charge in [0.2, 0.25) is 5.78 Å². The molecule has 0 bridgehead atoms. The van der Waals surface area contributed by atoms with E-state index in [-0.39, 0.29) is 6.61 Å². The zero-order valence-corrected chi connectivity index (χ0v) is 14.5. The number of carbonyl (C=O) groups excluding carboxylic acids is 3. The molecule has 2 aromatic carbocycles. The summed E-state index contributed by atoms with van der Waals surface area (Å²) in [4.78, 5) is 39.1. The molecule has 2 atom stereocenters. The molecule has 2 aromatic rings. The topological polar surface area (TPSA) is 72.9 Å². The minimum Gasteiger partial charge on any atom is -0.497 e. The molecule has 0 aliphatic carbocycles. The number of hydrogen-bond donors (Lipinski definition) is 0. The second kappa shape index (κ2) is 7.39. The molecular formula is C20H19NO5. The third kappa shape index (κ3) is 3.06. The fourth-order valence-electron chi connectivity index (χ4n) is 3.15. The maximum Gasteiger partial charge on any atom is 0.319 e. The van der Waals surface area contributed by atoms with Crippen molar-refractivity contribution >= 4 is 23.3 Å².